The first-order valence-electron chi connectivity index (χ1n) is 10.7. The van der Waals surface area contributed by atoms with Gasteiger partial charge in [0.1, 0.15) is 5.75 Å². The number of sulfonamides is 1. The Labute approximate surface area is 194 Å². The number of halogens is 3. The summed E-state index contributed by atoms with van der Waals surface area (Å²) < 4.78 is 70.9. The number of hydrogen-bond acceptors (Lipinski definition) is 5. The number of carbonyl (C=O) groups is 1. The monoisotopic (exact) mass is 496 g/mol. The molecule has 2 N–H and O–H groups in total. The second kappa shape index (κ2) is 9.63. The lowest BCUT2D eigenvalue weighted by Gasteiger charge is -2.21. The first-order chi connectivity index (χ1) is 16.1. The minimum Gasteiger partial charge on any atom is -0.482 e. The van der Waals surface area contributed by atoms with Gasteiger partial charge >= 0.3 is 6.18 Å². The van der Waals surface area contributed by atoms with Crippen LogP contribution in [0.5, 0.6) is 5.75 Å². The van der Waals surface area contributed by atoms with Crippen LogP contribution in [0.15, 0.2) is 47.5 Å². The van der Waals surface area contributed by atoms with Crippen LogP contribution in [0.2, 0.25) is 0 Å². The fraction of sp³-hybridized carbons (Fsp3) is 0.364. The average Bonchev–Trinajstić information content (AvgIpc) is 3.10. The summed E-state index contributed by atoms with van der Waals surface area (Å²) >= 11 is 0. The van der Waals surface area contributed by atoms with E-state index in [1.165, 1.54) is 22.6 Å². The number of alkyl halides is 3. The molecule has 1 aliphatic heterocycles. The van der Waals surface area contributed by atoms with Crippen molar-refractivity contribution in [3.8, 4) is 5.75 Å². The topological polar surface area (TPSA) is 104 Å². The number of H-pyrrole nitrogens is 1. The van der Waals surface area contributed by atoms with Gasteiger partial charge < -0.3 is 10.1 Å². The molecule has 3 aromatic rings. The molecule has 1 saturated heterocycles. The molecule has 1 fully saturated rings. The van der Waals surface area contributed by atoms with E-state index in [2.05, 4.69) is 15.5 Å². The Morgan fingerprint density at radius 1 is 1.12 bits per heavy atom. The van der Waals surface area contributed by atoms with Gasteiger partial charge in [-0.1, -0.05) is 25.0 Å². The molecule has 2 aromatic carbocycles. The molecule has 0 saturated carbocycles. The molecule has 2 heterocycles. The summed E-state index contributed by atoms with van der Waals surface area (Å²) in [6, 6.07) is 8.34. The maximum atomic E-state index is 13.2. The van der Waals surface area contributed by atoms with E-state index in [0.717, 1.165) is 37.8 Å². The van der Waals surface area contributed by atoms with Gasteiger partial charge in [0, 0.05) is 18.5 Å². The number of nitrogens with one attached hydrogen (secondary N) is 2. The van der Waals surface area contributed by atoms with Crippen LogP contribution < -0.4 is 10.1 Å². The van der Waals surface area contributed by atoms with Gasteiger partial charge in [0.15, 0.2) is 6.61 Å². The lowest BCUT2D eigenvalue weighted by atomic mass is 10.1. The Kier molecular flexibility index (Phi) is 6.80. The normalized spacial score (nSPS) is 15.7. The van der Waals surface area contributed by atoms with Crippen LogP contribution in [0.25, 0.3) is 10.9 Å². The van der Waals surface area contributed by atoms with Gasteiger partial charge in [-0.2, -0.15) is 22.6 Å². The van der Waals surface area contributed by atoms with Crippen molar-refractivity contribution in [3.05, 3.63) is 48.2 Å². The third-order valence-corrected chi connectivity index (χ3v) is 7.41. The smallest absolute Gasteiger partial charge is 0.422 e. The molecule has 34 heavy (non-hydrogen) atoms. The highest BCUT2D eigenvalue weighted by Gasteiger charge is 2.30. The third kappa shape index (κ3) is 5.33. The van der Waals surface area contributed by atoms with Gasteiger partial charge in [0.25, 0.3) is 5.91 Å². The molecule has 4 rings (SSSR count). The predicted molar refractivity (Wildman–Crippen MR) is 119 cm³/mol. The van der Waals surface area contributed by atoms with Crippen molar-refractivity contribution in [2.45, 2.75) is 36.8 Å². The minimum atomic E-state index is -4.61. The Bertz CT molecular complexity index is 1280. The van der Waals surface area contributed by atoms with Gasteiger partial charge in [-0.3, -0.25) is 9.89 Å². The second-order valence-corrected chi connectivity index (χ2v) is 9.91. The Morgan fingerprint density at radius 3 is 2.56 bits per heavy atom. The number of ether oxygens (including phenoxy) is 1. The molecule has 0 bridgehead atoms. The minimum absolute atomic E-state index is 0.135. The molecule has 8 nitrogen and oxygen atoms in total. The van der Waals surface area contributed by atoms with Crippen molar-refractivity contribution < 1.29 is 31.1 Å². The Morgan fingerprint density at radius 2 is 1.85 bits per heavy atom. The van der Waals surface area contributed by atoms with Gasteiger partial charge in [-0.25, -0.2) is 8.42 Å². The fourth-order valence-corrected chi connectivity index (χ4v) is 5.38. The van der Waals surface area contributed by atoms with Crippen molar-refractivity contribution >= 4 is 32.5 Å². The van der Waals surface area contributed by atoms with Crippen LogP contribution in [-0.2, 0) is 10.0 Å². The summed E-state index contributed by atoms with van der Waals surface area (Å²) in [5.41, 5.74) is 0.449. The molecule has 1 aliphatic rings. The third-order valence-electron chi connectivity index (χ3n) is 5.51. The predicted octanol–water partition coefficient (Wildman–Crippen LogP) is 4.32. The summed E-state index contributed by atoms with van der Waals surface area (Å²) in [7, 11) is -3.91. The molecule has 12 heteroatoms. The van der Waals surface area contributed by atoms with E-state index in [4.69, 9.17) is 4.74 Å². The average molecular weight is 497 g/mol. The summed E-state index contributed by atoms with van der Waals surface area (Å²) in [6.07, 6.45) is 0.221. The number of hydrogen-bond donors (Lipinski definition) is 2. The second-order valence-electron chi connectivity index (χ2n) is 7.97. The zero-order chi connectivity index (χ0) is 24.3. The molecule has 0 radical (unpaired) electrons. The summed E-state index contributed by atoms with van der Waals surface area (Å²) in [5.74, 6) is -0.951. The standard InChI is InChI=1S/C22H23F3N4O4S/c23-22(24,25)14-33-19-9-8-16(34(31,32)29-10-3-1-2-4-11-29)12-18(19)27-21(30)17-7-5-6-15-13-26-28-20(15)17/h5-9,12-13H,1-4,10-11,14H2,(H,26,28)(H,27,30). The maximum Gasteiger partial charge on any atom is 0.422 e. The molecule has 1 aromatic heterocycles. The first-order valence-corrected chi connectivity index (χ1v) is 12.2. The van der Waals surface area contributed by atoms with E-state index in [0.29, 0.717) is 24.0 Å². The van der Waals surface area contributed by atoms with E-state index in [1.54, 1.807) is 12.1 Å². The lowest BCUT2D eigenvalue weighted by Crippen LogP contribution is -2.32. The number of para-hydroxylation sites is 1. The Hall–Kier alpha value is -3.12. The number of anilines is 1. The van der Waals surface area contributed by atoms with Crippen molar-refractivity contribution in [2.75, 3.05) is 25.0 Å². The van der Waals surface area contributed by atoms with E-state index >= 15 is 0 Å². The summed E-state index contributed by atoms with van der Waals surface area (Å²) in [6.45, 7) is -0.874. The number of nitrogens with zero attached hydrogens (tertiary/aromatic N) is 2. The van der Waals surface area contributed by atoms with E-state index < -0.39 is 28.7 Å². The molecule has 0 atom stereocenters. The maximum absolute atomic E-state index is 13.2. The molecule has 182 valence electrons. The van der Waals surface area contributed by atoms with Gasteiger partial charge in [-0.15, -0.1) is 0 Å². The number of rotatable bonds is 6. The van der Waals surface area contributed by atoms with Gasteiger partial charge in [0.05, 0.1) is 27.9 Å². The number of carbonyl (C=O) groups excluding carboxylic acids is 1. The number of aromatic amines is 1. The highest BCUT2D eigenvalue weighted by Crippen LogP contribution is 2.32. The lowest BCUT2D eigenvalue weighted by molar-refractivity contribution is -0.153. The quantitative estimate of drug-likeness (QED) is 0.529. The molecule has 0 unspecified atom stereocenters. The van der Waals surface area contributed by atoms with Crippen LogP contribution in [0.4, 0.5) is 18.9 Å². The van der Waals surface area contributed by atoms with Crippen molar-refractivity contribution in [2.24, 2.45) is 0 Å². The van der Waals surface area contributed by atoms with Gasteiger partial charge in [0.2, 0.25) is 10.0 Å². The summed E-state index contributed by atoms with van der Waals surface area (Å²) in [4.78, 5) is 12.9. The summed E-state index contributed by atoms with van der Waals surface area (Å²) in [5, 5.41) is 9.77. The van der Waals surface area contributed by atoms with E-state index in [-0.39, 0.29) is 21.9 Å². The van der Waals surface area contributed by atoms with Crippen LogP contribution in [0, 0.1) is 0 Å². The molecular weight excluding hydrogens is 473 g/mol. The van der Waals surface area contributed by atoms with E-state index in [1.807, 2.05) is 0 Å². The van der Waals surface area contributed by atoms with Crippen LogP contribution >= 0.6 is 0 Å². The number of aromatic nitrogens is 2. The first kappa shape index (κ1) is 24.0. The number of benzene rings is 2. The SMILES string of the molecule is O=C(Nc1cc(S(=O)(=O)N2CCCCCC2)ccc1OCC(F)(F)F)c1cccc2cn[nH]c12. The zero-order valence-corrected chi connectivity index (χ0v) is 18.9. The van der Waals surface area contributed by atoms with Crippen molar-refractivity contribution in [3.63, 3.8) is 0 Å². The molecule has 0 spiro atoms. The van der Waals surface area contributed by atoms with Crippen molar-refractivity contribution in [1.29, 1.82) is 0 Å². The Balaban J connectivity index is 1.68. The van der Waals surface area contributed by atoms with E-state index in [9.17, 15) is 26.4 Å². The zero-order valence-electron chi connectivity index (χ0n) is 18.1. The largest absolute Gasteiger partial charge is 0.482 e. The highest BCUT2D eigenvalue weighted by atomic mass is 32.2. The molecule has 0 aliphatic carbocycles. The van der Waals surface area contributed by atoms with Crippen LogP contribution in [0.3, 0.4) is 0 Å². The number of amides is 1. The number of fused-ring (bicyclic) bond motifs is 1. The molecule has 1 amide bonds. The molecular formula is C22H23F3N4O4S. The van der Waals surface area contributed by atoms with Crippen LogP contribution in [-0.4, -0.2) is 54.7 Å². The van der Waals surface area contributed by atoms with Gasteiger partial charge in [-0.05, 0) is 37.1 Å². The highest BCUT2D eigenvalue weighted by molar-refractivity contribution is 7.89. The fourth-order valence-electron chi connectivity index (χ4n) is 3.83. The van der Waals surface area contributed by atoms with Crippen molar-refractivity contribution in [1.82, 2.24) is 14.5 Å². The van der Waals surface area contributed by atoms with Crippen LogP contribution in [0.1, 0.15) is 36.0 Å².